The van der Waals surface area contributed by atoms with Crippen LogP contribution in [0.4, 0.5) is 0 Å². The highest BCUT2D eigenvalue weighted by Gasteiger charge is 2.46. The average Bonchev–Trinajstić information content (AvgIpc) is 3.08. The predicted octanol–water partition coefficient (Wildman–Crippen LogP) is 1.44. The first kappa shape index (κ1) is 10.7. The second kappa shape index (κ2) is 4.35. The van der Waals surface area contributed by atoms with Gasteiger partial charge in [0.25, 0.3) is 0 Å². The van der Waals surface area contributed by atoms with Crippen LogP contribution in [0.2, 0.25) is 0 Å². The Labute approximate surface area is 93.2 Å². The first-order valence-corrected chi connectivity index (χ1v) is 5.05. The molecule has 1 saturated carbocycles. The molecule has 0 N–H and O–H groups in total. The molecule has 0 saturated heterocycles. The van der Waals surface area contributed by atoms with Gasteiger partial charge >= 0.3 is 5.97 Å². The van der Waals surface area contributed by atoms with Gasteiger partial charge in [-0.05, 0) is 12.1 Å². The summed E-state index contributed by atoms with van der Waals surface area (Å²) >= 11 is 0. The number of ether oxygens (including phenoxy) is 2. The van der Waals surface area contributed by atoms with Gasteiger partial charge in [-0.2, -0.15) is 0 Å². The number of carbonyl (C=O) groups excluding carboxylic acids is 2. The summed E-state index contributed by atoms with van der Waals surface area (Å²) in [4.78, 5) is 21.9. The van der Waals surface area contributed by atoms with Gasteiger partial charge in [-0.1, -0.05) is 12.1 Å². The molecule has 1 aliphatic carbocycles. The van der Waals surface area contributed by atoms with Crippen LogP contribution in [0.25, 0.3) is 0 Å². The molecule has 16 heavy (non-hydrogen) atoms. The van der Waals surface area contributed by atoms with Crippen molar-refractivity contribution in [3.05, 3.63) is 29.8 Å². The average molecular weight is 220 g/mol. The summed E-state index contributed by atoms with van der Waals surface area (Å²) in [5, 5.41) is 0. The van der Waals surface area contributed by atoms with Crippen molar-refractivity contribution in [2.75, 3.05) is 7.11 Å². The van der Waals surface area contributed by atoms with Crippen molar-refractivity contribution in [3.63, 3.8) is 0 Å². The number of carbonyl (C=O) groups is 2. The Morgan fingerprint density at radius 2 is 2.19 bits per heavy atom. The number of methoxy groups -OCH3 is 1. The standard InChI is InChI=1S/C12H12O4/c1-15-12(14)9-6-11(9)16-10-5-3-2-4-8(10)7-13/h2-5,7,9,11H,6H2,1H3. The van der Waals surface area contributed by atoms with E-state index in [1.165, 1.54) is 7.11 Å². The van der Waals surface area contributed by atoms with Gasteiger partial charge in [-0.15, -0.1) is 0 Å². The number of aldehydes is 1. The van der Waals surface area contributed by atoms with Gasteiger partial charge < -0.3 is 9.47 Å². The SMILES string of the molecule is COC(=O)C1CC1Oc1ccccc1C=O. The fourth-order valence-corrected chi connectivity index (χ4v) is 1.55. The molecule has 2 atom stereocenters. The summed E-state index contributed by atoms with van der Waals surface area (Å²) in [6, 6.07) is 6.95. The Hall–Kier alpha value is -1.84. The van der Waals surface area contributed by atoms with Crippen LogP contribution >= 0.6 is 0 Å². The van der Waals surface area contributed by atoms with Crippen molar-refractivity contribution in [1.29, 1.82) is 0 Å². The van der Waals surface area contributed by atoms with E-state index in [0.29, 0.717) is 17.7 Å². The number of rotatable bonds is 4. The van der Waals surface area contributed by atoms with Crippen molar-refractivity contribution in [2.45, 2.75) is 12.5 Å². The molecule has 1 fully saturated rings. The lowest BCUT2D eigenvalue weighted by Gasteiger charge is -2.06. The minimum atomic E-state index is -0.256. The molecule has 2 rings (SSSR count). The molecule has 84 valence electrons. The van der Waals surface area contributed by atoms with E-state index in [0.717, 1.165) is 6.29 Å². The molecular weight excluding hydrogens is 208 g/mol. The van der Waals surface area contributed by atoms with Gasteiger partial charge in [-0.25, -0.2) is 0 Å². The fraction of sp³-hybridized carbons (Fsp3) is 0.333. The minimum absolute atomic E-state index is 0.159. The van der Waals surface area contributed by atoms with Crippen LogP contribution in [0, 0.1) is 5.92 Å². The Morgan fingerprint density at radius 3 is 2.88 bits per heavy atom. The molecule has 2 unspecified atom stereocenters. The molecule has 1 aromatic carbocycles. The van der Waals surface area contributed by atoms with E-state index in [2.05, 4.69) is 4.74 Å². The first-order valence-electron chi connectivity index (χ1n) is 5.05. The van der Waals surface area contributed by atoms with Crippen LogP contribution in [-0.2, 0) is 9.53 Å². The van der Waals surface area contributed by atoms with Crippen molar-refractivity contribution in [3.8, 4) is 5.75 Å². The van der Waals surface area contributed by atoms with Gasteiger partial charge in [0.1, 0.15) is 11.9 Å². The van der Waals surface area contributed by atoms with Crippen LogP contribution in [0.5, 0.6) is 5.75 Å². The largest absolute Gasteiger partial charge is 0.489 e. The minimum Gasteiger partial charge on any atom is -0.489 e. The quantitative estimate of drug-likeness (QED) is 0.569. The van der Waals surface area contributed by atoms with E-state index >= 15 is 0 Å². The van der Waals surface area contributed by atoms with Gasteiger partial charge in [0.15, 0.2) is 6.29 Å². The zero-order valence-electron chi connectivity index (χ0n) is 8.88. The molecule has 0 radical (unpaired) electrons. The van der Waals surface area contributed by atoms with Crippen LogP contribution in [0.3, 0.4) is 0 Å². The fourth-order valence-electron chi connectivity index (χ4n) is 1.55. The van der Waals surface area contributed by atoms with Gasteiger partial charge in [-0.3, -0.25) is 9.59 Å². The number of hydrogen-bond acceptors (Lipinski definition) is 4. The van der Waals surface area contributed by atoms with Gasteiger partial charge in [0, 0.05) is 6.42 Å². The summed E-state index contributed by atoms with van der Waals surface area (Å²) in [5.74, 6) is 0.0761. The lowest BCUT2D eigenvalue weighted by molar-refractivity contribution is -0.142. The molecule has 0 aliphatic heterocycles. The van der Waals surface area contributed by atoms with Crippen molar-refractivity contribution < 1.29 is 19.1 Å². The van der Waals surface area contributed by atoms with Crippen molar-refractivity contribution in [1.82, 2.24) is 0 Å². The monoisotopic (exact) mass is 220 g/mol. The van der Waals surface area contributed by atoms with E-state index in [1.54, 1.807) is 24.3 Å². The van der Waals surface area contributed by atoms with Gasteiger partial charge in [0.05, 0.1) is 18.6 Å². The summed E-state index contributed by atoms with van der Waals surface area (Å²) in [5.41, 5.74) is 0.498. The van der Waals surface area contributed by atoms with Crippen LogP contribution in [0.15, 0.2) is 24.3 Å². The lowest BCUT2D eigenvalue weighted by atomic mass is 10.2. The van der Waals surface area contributed by atoms with Crippen molar-refractivity contribution in [2.24, 2.45) is 5.92 Å². The molecule has 4 nitrogen and oxygen atoms in total. The van der Waals surface area contributed by atoms with Crippen LogP contribution in [0.1, 0.15) is 16.8 Å². The van der Waals surface area contributed by atoms with Crippen LogP contribution < -0.4 is 4.74 Å². The Balaban J connectivity index is 2.01. The van der Waals surface area contributed by atoms with Gasteiger partial charge in [0.2, 0.25) is 0 Å². The number of hydrogen-bond donors (Lipinski definition) is 0. The molecule has 0 aromatic heterocycles. The summed E-state index contributed by atoms with van der Waals surface area (Å²) in [6.45, 7) is 0. The molecule has 0 amide bonds. The molecule has 4 heteroatoms. The van der Waals surface area contributed by atoms with E-state index in [4.69, 9.17) is 4.74 Å². The molecule has 1 aromatic rings. The summed E-state index contributed by atoms with van der Waals surface area (Å²) in [6.07, 6.45) is 1.23. The topological polar surface area (TPSA) is 52.6 Å². The third kappa shape index (κ3) is 2.05. The molecular formula is C12H12O4. The second-order valence-electron chi connectivity index (χ2n) is 3.68. The Bertz CT molecular complexity index is 413. The summed E-state index contributed by atoms with van der Waals surface area (Å²) < 4.78 is 10.2. The summed E-state index contributed by atoms with van der Waals surface area (Å²) in [7, 11) is 1.36. The molecule has 0 heterocycles. The first-order chi connectivity index (χ1) is 7.76. The maximum Gasteiger partial charge on any atom is 0.312 e. The number of para-hydroxylation sites is 1. The van der Waals surface area contributed by atoms with E-state index in [-0.39, 0.29) is 18.0 Å². The zero-order valence-corrected chi connectivity index (χ0v) is 8.88. The highest BCUT2D eigenvalue weighted by molar-refractivity contribution is 5.79. The van der Waals surface area contributed by atoms with E-state index < -0.39 is 0 Å². The second-order valence-corrected chi connectivity index (χ2v) is 3.68. The van der Waals surface area contributed by atoms with Crippen molar-refractivity contribution >= 4 is 12.3 Å². The smallest absolute Gasteiger partial charge is 0.312 e. The lowest BCUT2D eigenvalue weighted by Crippen LogP contribution is -2.10. The highest BCUT2D eigenvalue weighted by atomic mass is 16.5. The van der Waals surface area contributed by atoms with Crippen LogP contribution in [-0.4, -0.2) is 25.5 Å². The third-order valence-electron chi connectivity index (χ3n) is 2.56. The Morgan fingerprint density at radius 1 is 1.44 bits per heavy atom. The van der Waals surface area contributed by atoms with E-state index in [1.807, 2.05) is 0 Å². The number of esters is 1. The molecule has 1 aliphatic rings. The van der Waals surface area contributed by atoms with E-state index in [9.17, 15) is 9.59 Å². The zero-order chi connectivity index (χ0) is 11.5. The normalized spacial score (nSPS) is 22.3. The maximum atomic E-state index is 11.2. The molecule has 0 spiro atoms. The Kier molecular flexibility index (Phi) is 2.90. The number of benzene rings is 1. The highest BCUT2D eigenvalue weighted by Crippen LogP contribution is 2.36. The maximum absolute atomic E-state index is 11.2. The predicted molar refractivity (Wildman–Crippen MR) is 56.4 cm³/mol. The molecule has 0 bridgehead atoms. The third-order valence-corrected chi connectivity index (χ3v) is 2.56.